The molecule has 0 heterocycles. The monoisotopic (exact) mass is 200 g/mol. The second kappa shape index (κ2) is 3.89. The zero-order valence-corrected chi connectivity index (χ0v) is 8.64. The van der Waals surface area contributed by atoms with Gasteiger partial charge in [0.25, 0.3) is 0 Å². The Morgan fingerprint density at radius 2 is 1.69 bits per heavy atom. The maximum Gasteiger partial charge on any atom is 0.357 e. The minimum atomic E-state index is -2.24. The van der Waals surface area contributed by atoms with Gasteiger partial charge in [0, 0.05) is 0 Å². The van der Waals surface area contributed by atoms with Crippen molar-refractivity contribution < 1.29 is 12.9 Å². The van der Waals surface area contributed by atoms with Crippen LogP contribution in [0.15, 0.2) is 12.1 Å². The van der Waals surface area contributed by atoms with Crippen LogP contribution in [0.5, 0.6) is 5.75 Å². The molecule has 4 heteroatoms. The molecule has 3 nitrogen and oxygen atoms in total. The molecular weight excluding hydrogens is 188 g/mol. The smallest absolute Gasteiger partial charge is 0.357 e. The maximum atomic E-state index is 10.4. The molecule has 1 N–H and O–H groups in total. The molecule has 1 aromatic carbocycles. The summed E-state index contributed by atoms with van der Waals surface area (Å²) in [4.78, 5) is 0. The first kappa shape index (κ1) is 10.2. The highest BCUT2D eigenvalue weighted by Gasteiger charge is 2.05. The van der Waals surface area contributed by atoms with E-state index in [0.29, 0.717) is 5.75 Å². The number of hydrogen-bond donors (Lipinski definition) is 1. The van der Waals surface area contributed by atoms with Crippen LogP contribution in [0, 0.1) is 20.8 Å². The molecule has 0 radical (unpaired) electrons. The van der Waals surface area contributed by atoms with E-state index in [1.165, 1.54) is 0 Å². The quantitative estimate of drug-likeness (QED) is 0.744. The average Bonchev–Trinajstić information content (AvgIpc) is 1.99. The third-order valence-electron chi connectivity index (χ3n) is 1.95. The summed E-state index contributed by atoms with van der Waals surface area (Å²) in [5.41, 5.74) is 3.06. The number of hydrogen-bond acceptors (Lipinski definition) is 2. The number of benzene rings is 1. The van der Waals surface area contributed by atoms with Crippen LogP contribution < -0.4 is 4.18 Å². The summed E-state index contributed by atoms with van der Waals surface area (Å²) < 4.78 is 23.7. The third kappa shape index (κ3) is 2.54. The van der Waals surface area contributed by atoms with Crippen molar-refractivity contribution in [2.24, 2.45) is 0 Å². The van der Waals surface area contributed by atoms with Gasteiger partial charge < -0.3 is 4.18 Å². The largest absolute Gasteiger partial charge is 0.380 e. The van der Waals surface area contributed by atoms with Gasteiger partial charge in [0.2, 0.25) is 0 Å². The Labute approximate surface area is 80.2 Å². The molecule has 0 aromatic heterocycles. The molecule has 1 atom stereocenters. The maximum absolute atomic E-state index is 10.4. The molecule has 1 unspecified atom stereocenters. The van der Waals surface area contributed by atoms with E-state index in [1.54, 1.807) is 6.07 Å². The lowest BCUT2D eigenvalue weighted by atomic mass is 10.1. The predicted octanol–water partition coefficient (Wildman–Crippen LogP) is 2.13. The summed E-state index contributed by atoms with van der Waals surface area (Å²) in [7, 11) is 0. The van der Waals surface area contributed by atoms with Gasteiger partial charge in [-0.1, -0.05) is 6.07 Å². The fourth-order valence-corrected chi connectivity index (χ4v) is 1.43. The van der Waals surface area contributed by atoms with Crippen molar-refractivity contribution in [1.29, 1.82) is 0 Å². The molecule has 0 fully saturated rings. The fourth-order valence-electron chi connectivity index (χ4n) is 1.10. The zero-order chi connectivity index (χ0) is 10.0. The highest BCUT2D eigenvalue weighted by Crippen LogP contribution is 2.22. The Bertz CT molecular complexity index is 347. The van der Waals surface area contributed by atoms with Gasteiger partial charge >= 0.3 is 11.4 Å². The molecule has 72 valence electrons. The molecule has 0 saturated heterocycles. The van der Waals surface area contributed by atoms with Crippen LogP contribution in [-0.4, -0.2) is 8.76 Å². The van der Waals surface area contributed by atoms with Crippen LogP contribution in [0.25, 0.3) is 0 Å². The lowest BCUT2D eigenvalue weighted by Crippen LogP contribution is -2.00. The van der Waals surface area contributed by atoms with Crippen molar-refractivity contribution in [3.05, 3.63) is 28.8 Å². The first-order valence-corrected chi connectivity index (χ1v) is 4.91. The molecule has 0 saturated carbocycles. The summed E-state index contributed by atoms with van der Waals surface area (Å²) >= 11 is -2.24. The predicted molar refractivity (Wildman–Crippen MR) is 52.1 cm³/mol. The topological polar surface area (TPSA) is 46.5 Å². The van der Waals surface area contributed by atoms with Crippen molar-refractivity contribution >= 4 is 11.4 Å². The molecule has 0 aliphatic heterocycles. The molecule has 0 aliphatic rings. The van der Waals surface area contributed by atoms with Crippen LogP contribution >= 0.6 is 0 Å². The van der Waals surface area contributed by atoms with Crippen molar-refractivity contribution in [3.63, 3.8) is 0 Å². The lowest BCUT2D eigenvalue weighted by molar-refractivity contribution is 0.456. The van der Waals surface area contributed by atoms with Crippen LogP contribution in [0.1, 0.15) is 16.7 Å². The van der Waals surface area contributed by atoms with Crippen molar-refractivity contribution in [2.45, 2.75) is 20.8 Å². The van der Waals surface area contributed by atoms with Gasteiger partial charge in [-0.25, -0.2) is 0 Å². The molecule has 0 bridgehead atoms. The van der Waals surface area contributed by atoms with E-state index >= 15 is 0 Å². The molecule has 0 spiro atoms. The van der Waals surface area contributed by atoms with Crippen LogP contribution in [0.2, 0.25) is 0 Å². The van der Waals surface area contributed by atoms with Gasteiger partial charge in [-0.15, -0.1) is 0 Å². The average molecular weight is 200 g/mol. The van der Waals surface area contributed by atoms with Crippen molar-refractivity contribution in [2.75, 3.05) is 0 Å². The zero-order valence-electron chi connectivity index (χ0n) is 7.83. The summed E-state index contributed by atoms with van der Waals surface area (Å²) in [5.74, 6) is 0.462. The van der Waals surface area contributed by atoms with Gasteiger partial charge in [-0.05, 0) is 43.5 Å². The molecule has 13 heavy (non-hydrogen) atoms. The minimum absolute atomic E-state index is 0.462. The van der Waals surface area contributed by atoms with Gasteiger partial charge in [-0.2, -0.15) is 4.21 Å². The summed E-state index contributed by atoms with van der Waals surface area (Å²) in [6.45, 7) is 5.76. The second-order valence-corrected chi connectivity index (χ2v) is 3.60. The third-order valence-corrected chi connectivity index (χ3v) is 2.27. The molecule has 1 rings (SSSR count). The minimum Gasteiger partial charge on any atom is -0.380 e. The van der Waals surface area contributed by atoms with E-state index in [1.807, 2.05) is 26.8 Å². The first-order valence-electron chi connectivity index (χ1n) is 3.87. The van der Waals surface area contributed by atoms with E-state index in [-0.39, 0.29) is 0 Å². The van der Waals surface area contributed by atoms with Gasteiger partial charge in [-0.3, -0.25) is 4.55 Å². The van der Waals surface area contributed by atoms with Crippen LogP contribution in [0.3, 0.4) is 0 Å². The lowest BCUT2D eigenvalue weighted by Gasteiger charge is -2.07. The fraction of sp³-hybridized carbons (Fsp3) is 0.333. The highest BCUT2D eigenvalue weighted by atomic mass is 32.2. The molecule has 0 amide bonds. The van der Waals surface area contributed by atoms with E-state index in [2.05, 4.69) is 0 Å². The highest BCUT2D eigenvalue weighted by molar-refractivity contribution is 7.74. The van der Waals surface area contributed by atoms with E-state index in [0.717, 1.165) is 16.7 Å². The number of rotatable bonds is 2. The van der Waals surface area contributed by atoms with Crippen LogP contribution in [-0.2, 0) is 11.4 Å². The van der Waals surface area contributed by atoms with Crippen molar-refractivity contribution in [3.8, 4) is 5.75 Å². The summed E-state index contributed by atoms with van der Waals surface area (Å²) in [5, 5.41) is 0. The van der Waals surface area contributed by atoms with Crippen molar-refractivity contribution in [1.82, 2.24) is 0 Å². The molecule has 0 aliphatic carbocycles. The summed E-state index contributed by atoms with van der Waals surface area (Å²) in [6.07, 6.45) is 0. The van der Waals surface area contributed by atoms with Crippen LogP contribution in [0.4, 0.5) is 0 Å². The Morgan fingerprint density at radius 3 is 2.23 bits per heavy atom. The first-order chi connectivity index (χ1) is 6.00. The van der Waals surface area contributed by atoms with E-state index in [4.69, 9.17) is 8.74 Å². The van der Waals surface area contributed by atoms with Gasteiger partial charge in [0.1, 0.15) is 5.75 Å². The van der Waals surface area contributed by atoms with Gasteiger partial charge in [0.15, 0.2) is 0 Å². The Hall–Kier alpha value is -0.870. The van der Waals surface area contributed by atoms with Gasteiger partial charge in [0.05, 0.1) is 0 Å². The van der Waals surface area contributed by atoms with E-state index in [9.17, 15) is 4.21 Å². The molecular formula is C9H12O3S. The Kier molecular flexibility index (Phi) is 3.06. The Balaban J connectivity index is 3.08. The normalized spacial score (nSPS) is 12.6. The second-order valence-electron chi connectivity index (χ2n) is 3.00. The summed E-state index contributed by atoms with van der Waals surface area (Å²) in [6, 6.07) is 3.69. The molecule has 1 aromatic rings. The van der Waals surface area contributed by atoms with E-state index < -0.39 is 11.4 Å². The standard InChI is InChI=1S/C9H12O3S/c1-6-4-8(3)9(5-7(6)2)12-13(10)11/h4-5H,1-3H3,(H,10,11). The number of aryl methyl sites for hydroxylation is 3. The SMILES string of the molecule is Cc1cc(C)c(OS(=O)O)cc1C. The Morgan fingerprint density at radius 1 is 1.15 bits per heavy atom.